The van der Waals surface area contributed by atoms with Gasteiger partial charge in [0.1, 0.15) is 5.75 Å². The molecule has 6 nitrogen and oxygen atoms in total. The summed E-state index contributed by atoms with van der Waals surface area (Å²) in [5.74, 6) is 1.74. The number of nitrogens with zero attached hydrogens (tertiary/aromatic N) is 2. The lowest BCUT2D eigenvalue weighted by molar-refractivity contribution is 0.164. The van der Waals surface area contributed by atoms with Gasteiger partial charge in [-0.3, -0.25) is 9.89 Å². The molecular weight excluding hydrogens is 352 g/mol. The van der Waals surface area contributed by atoms with E-state index < -0.39 is 0 Å². The number of ether oxygens (including phenoxy) is 1. The van der Waals surface area contributed by atoms with Crippen LogP contribution >= 0.6 is 0 Å². The Morgan fingerprint density at radius 2 is 1.89 bits per heavy atom. The van der Waals surface area contributed by atoms with Gasteiger partial charge >= 0.3 is 0 Å². The third kappa shape index (κ3) is 5.61. The van der Waals surface area contributed by atoms with Gasteiger partial charge in [0.15, 0.2) is 5.96 Å². The predicted octanol–water partition coefficient (Wildman–Crippen LogP) is 2.55. The molecule has 1 saturated carbocycles. The van der Waals surface area contributed by atoms with E-state index in [1.165, 1.54) is 24.8 Å². The Labute approximate surface area is 169 Å². The third-order valence-electron chi connectivity index (χ3n) is 6.00. The molecule has 1 saturated heterocycles. The minimum atomic E-state index is 0.0323. The molecule has 1 aromatic carbocycles. The lowest BCUT2D eigenvalue weighted by atomic mass is 10.0. The minimum Gasteiger partial charge on any atom is -0.497 e. The van der Waals surface area contributed by atoms with Crippen molar-refractivity contribution in [3.63, 3.8) is 0 Å². The maximum Gasteiger partial charge on any atom is 0.191 e. The van der Waals surface area contributed by atoms with Crippen molar-refractivity contribution in [2.75, 3.05) is 46.4 Å². The van der Waals surface area contributed by atoms with Crippen LogP contribution in [0.3, 0.4) is 0 Å². The second-order valence-electron chi connectivity index (χ2n) is 8.12. The fourth-order valence-corrected chi connectivity index (χ4v) is 3.84. The van der Waals surface area contributed by atoms with E-state index in [0.29, 0.717) is 12.6 Å². The number of aliphatic imine (C=N–C) groups is 1. The SMILES string of the molecule is CCNC(=NCC1(CO)CC1)NCC(c1ccc(OC)cc1)N1CCCCC1. The lowest BCUT2D eigenvalue weighted by Gasteiger charge is -2.35. The first kappa shape index (κ1) is 20.9. The Balaban J connectivity index is 1.68. The smallest absolute Gasteiger partial charge is 0.191 e. The fraction of sp³-hybridized carbons (Fsp3) is 0.682. The zero-order valence-corrected chi connectivity index (χ0v) is 17.4. The van der Waals surface area contributed by atoms with Crippen molar-refractivity contribution < 1.29 is 9.84 Å². The standard InChI is InChI=1S/C22H36N4O2/c1-3-23-21(25-16-22(17-27)11-12-22)24-15-20(26-13-5-4-6-14-26)18-7-9-19(28-2)10-8-18/h7-10,20,27H,3-6,11-17H2,1-2H3,(H2,23,24,25). The number of likely N-dealkylation sites (tertiary alicyclic amines) is 1. The molecule has 1 aliphatic carbocycles. The van der Waals surface area contributed by atoms with Crippen molar-refractivity contribution in [3.8, 4) is 5.75 Å². The first-order valence-electron chi connectivity index (χ1n) is 10.7. The largest absolute Gasteiger partial charge is 0.497 e. The van der Waals surface area contributed by atoms with Crippen LogP contribution in [0.5, 0.6) is 5.75 Å². The molecule has 0 radical (unpaired) electrons. The molecule has 156 valence electrons. The first-order chi connectivity index (χ1) is 13.7. The van der Waals surface area contributed by atoms with E-state index in [1.54, 1.807) is 7.11 Å². The van der Waals surface area contributed by atoms with Gasteiger partial charge in [-0.15, -0.1) is 0 Å². The van der Waals surface area contributed by atoms with E-state index in [9.17, 15) is 5.11 Å². The highest BCUT2D eigenvalue weighted by Gasteiger charge is 2.41. The van der Waals surface area contributed by atoms with Gasteiger partial charge in [-0.1, -0.05) is 18.6 Å². The Morgan fingerprint density at radius 1 is 1.18 bits per heavy atom. The molecule has 0 spiro atoms. The van der Waals surface area contributed by atoms with Crippen molar-refractivity contribution in [2.24, 2.45) is 10.4 Å². The van der Waals surface area contributed by atoms with Gasteiger partial charge in [-0.25, -0.2) is 0 Å². The van der Waals surface area contributed by atoms with Crippen LogP contribution in [0.15, 0.2) is 29.3 Å². The van der Waals surface area contributed by atoms with Gasteiger partial charge in [0, 0.05) is 18.5 Å². The summed E-state index contributed by atoms with van der Waals surface area (Å²) >= 11 is 0. The number of rotatable bonds is 9. The molecule has 0 amide bonds. The fourth-order valence-electron chi connectivity index (χ4n) is 3.84. The summed E-state index contributed by atoms with van der Waals surface area (Å²) in [5.41, 5.74) is 1.34. The summed E-state index contributed by atoms with van der Waals surface area (Å²) in [6, 6.07) is 8.75. The minimum absolute atomic E-state index is 0.0323. The Hall–Kier alpha value is -1.79. The van der Waals surface area contributed by atoms with Crippen LogP contribution in [0.1, 0.15) is 50.6 Å². The van der Waals surface area contributed by atoms with Crippen LogP contribution in [-0.4, -0.2) is 62.4 Å². The molecular formula is C22H36N4O2. The van der Waals surface area contributed by atoms with Gasteiger partial charge in [-0.2, -0.15) is 0 Å². The molecule has 1 aromatic rings. The quantitative estimate of drug-likeness (QED) is 0.448. The summed E-state index contributed by atoms with van der Waals surface area (Å²) < 4.78 is 5.33. The first-order valence-corrected chi connectivity index (χ1v) is 10.7. The molecule has 0 bridgehead atoms. The monoisotopic (exact) mass is 388 g/mol. The van der Waals surface area contributed by atoms with Crippen molar-refractivity contribution >= 4 is 5.96 Å². The van der Waals surface area contributed by atoms with E-state index in [-0.39, 0.29) is 12.0 Å². The molecule has 3 N–H and O–H groups in total. The number of nitrogens with one attached hydrogen (secondary N) is 2. The molecule has 2 aliphatic rings. The Bertz CT molecular complexity index is 622. The van der Waals surface area contributed by atoms with E-state index in [1.807, 2.05) is 12.1 Å². The molecule has 1 unspecified atom stereocenters. The highest BCUT2D eigenvalue weighted by molar-refractivity contribution is 5.79. The average Bonchev–Trinajstić information content (AvgIpc) is 3.54. The van der Waals surface area contributed by atoms with E-state index in [4.69, 9.17) is 9.73 Å². The molecule has 3 rings (SSSR count). The van der Waals surface area contributed by atoms with E-state index >= 15 is 0 Å². The number of aliphatic hydroxyl groups is 1. The predicted molar refractivity (Wildman–Crippen MR) is 114 cm³/mol. The van der Waals surface area contributed by atoms with Crippen LogP contribution in [0.4, 0.5) is 0 Å². The lowest BCUT2D eigenvalue weighted by Crippen LogP contribution is -2.44. The van der Waals surface area contributed by atoms with Gasteiger partial charge in [0.25, 0.3) is 0 Å². The maximum absolute atomic E-state index is 9.55. The highest BCUT2D eigenvalue weighted by atomic mass is 16.5. The van der Waals surface area contributed by atoms with E-state index in [2.05, 4.69) is 34.6 Å². The van der Waals surface area contributed by atoms with Crippen molar-refractivity contribution in [3.05, 3.63) is 29.8 Å². The third-order valence-corrected chi connectivity index (χ3v) is 6.00. The number of hydrogen-bond donors (Lipinski definition) is 3. The Kier molecular flexibility index (Phi) is 7.57. The van der Waals surface area contributed by atoms with Crippen molar-refractivity contribution in [2.45, 2.75) is 45.1 Å². The topological polar surface area (TPSA) is 69.1 Å². The van der Waals surface area contributed by atoms with Crippen LogP contribution in [0, 0.1) is 5.41 Å². The number of benzene rings is 1. The maximum atomic E-state index is 9.55. The van der Waals surface area contributed by atoms with Crippen molar-refractivity contribution in [1.82, 2.24) is 15.5 Å². The van der Waals surface area contributed by atoms with Crippen LogP contribution in [0.2, 0.25) is 0 Å². The number of hydrogen-bond acceptors (Lipinski definition) is 4. The highest BCUT2D eigenvalue weighted by Crippen LogP contribution is 2.45. The second kappa shape index (κ2) is 10.1. The van der Waals surface area contributed by atoms with Crippen LogP contribution < -0.4 is 15.4 Å². The van der Waals surface area contributed by atoms with Gasteiger partial charge in [0.2, 0.25) is 0 Å². The molecule has 28 heavy (non-hydrogen) atoms. The van der Waals surface area contributed by atoms with E-state index in [0.717, 1.165) is 50.7 Å². The number of piperidine rings is 1. The molecule has 1 aliphatic heterocycles. The van der Waals surface area contributed by atoms with Gasteiger partial charge in [-0.05, 0) is 63.4 Å². The zero-order valence-electron chi connectivity index (χ0n) is 17.4. The summed E-state index contributed by atoms with van der Waals surface area (Å²) in [7, 11) is 1.71. The number of guanidine groups is 1. The molecule has 1 heterocycles. The Morgan fingerprint density at radius 3 is 2.46 bits per heavy atom. The molecule has 6 heteroatoms. The number of methoxy groups -OCH3 is 1. The molecule has 0 aromatic heterocycles. The van der Waals surface area contributed by atoms with Gasteiger partial charge < -0.3 is 20.5 Å². The summed E-state index contributed by atoms with van der Waals surface area (Å²) in [5, 5.41) is 16.5. The van der Waals surface area contributed by atoms with Crippen LogP contribution in [0.25, 0.3) is 0 Å². The summed E-state index contributed by atoms with van der Waals surface area (Å²) in [6.07, 6.45) is 6.01. The van der Waals surface area contributed by atoms with Gasteiger partial charge in [0.05, 0.1) is 26.3 Å². The zero-order chi connectivity index (χ0) is 19.8. The van der Waals surface area contributed by atoms with Crippen LogP contribution in [-0.2, 0) is 0 Å². The molecule has 1 atom stereocenters. The average molecular weight is 389 g/mol. The molecule has 2 fully saturated rings. The second-order valence-corrected chi connectivity index (χ2v) is 8.12. The normalized spacial score (nSPS) is 20.5. The number of aliphatic hydroxyl groups excluding tert-OH is 1. The summed E-state index contributed by atoms with van der Waals surface area (Å²) in [6.45, 7) is 6.92. The summed E-state index contributed by atoms with van der Waals surface area (Å²) in [4.78, 5) is 7.33. The van der Waals surface area contributed by atoms with Crippen molar-refractivity contribution in [1.29, 1.82) is 0 Å².